The van der Waals surface area contributed by atoms with Gasteiger partial charge in [-0.1, -0.05) is 0 Å². The second-order valence-corrected chi connectivity index (χ2v) is 5.60. The molecule has 8 nitrogen and oxygen atoms in total. The minimum Gasteiger partial charge on any atom is -0.464 e. The van der Waals surface area contributed by atoms with Crippen molar-refractivity contribution in [1.29, 1.82) is 0 Å². The van der Waals surface area contributed by atoms with Gasteiger partial charge in [0.25, 0.3) is 11.6 Å². The number of benzene rings is 1. The molecule has 2 aromatic heterocycles. The summed E-state index contributed by atoms with van der Waals surface area (Å²) in [5, 5.41) is 11.4. The van der Waals surface area contributed by atoms with Crippen molar-refractivity contribution in [2.24, 2.45) is 0 Å². The molecule has 3 aromatic rings. The summed E-state index contributed by atoms with van der Waals surface area (Å²) in [6.07, 6.45) is 4.60. The molecule has 0 saturated heterocycles. The molecule has 0 fully saturated rings. The molecule has 0 spiro atoms. The Bertz CT molecular complexity index is 915. The molecule has 25 heavy (non-hydrogen) atoms. The fraction of sp³-hybridized carbons (Fsp3) is 0.176. The minimum absolute atomic E-state index is 0.161. The Labute approximate surface area is 143 Å². The summed E-state index contributed by atoms with van der Waals surface area (Å²) in [4.78, 5) is 28.8. The molecule has 2 heterocycles. The molecule has 0 aliphatic heterocycles. The van der Waals surface area contributed by atoms with Crippen LogP contribution >= 0.6 is 0 Å². The molecule has 0 N–H and O–H groups in total. The van der Waals surface area contributed by atoms with Gasteiger partial charge in [-0.2, -0.15) is 0 Å². The predicted octanol–water partition coefficient (Wildman–Crippen LogP) is 2.95. The highest BCUT2D eigenvalue weighted by Gasteiger charge is 2.21. The van der Waals surface area contributed by atoms with E-state index in [1.54, 1.807) is 25.4 Å². The highest BCUT2D eigenvalue weighted by molar-refractivity contribution is 5.95. The van der Waals surface area contributed by atoms with Crippen molar-refractivity contribution < 1.29 is 14.1 Å². The standard InChI is InChI=1S/C17H16N4O4/c1-12-3-5-14(25-12)10-19(2)17(22)13-4-6-15(16(9-13)21(23)24)20-8-7-18-11-20/h3-9,11H,10H2,1-2H3. The SMILES string of the molecule is Cc1ccc(CN(C)C(=O)c2ccc(-n3ccnc3)c([N+](=O)[O-])c2)o1. The van der Waals surface area contributed by atoms with Crippen LogP contribution in [-0.4, -0.2) is 32.3 Å². The number of carbonyl (C=O) groups is 1. The molecule has 0 radical (unpaired) electrons. The molecular weight excluding hydrogens is 324 g/mol. The normalized spacial score (nSPS) is 10.6. The number of carbonyl (C=O) groups excluding carboxylic acids is 1. The largest absolute Gasteiger partial charge is 0.464 e. The Morgan fingerprint density at radius 1 is 1.36 bits per heavy atom. The third kappa shape index (κ3) is 3.42. The number of nitro groups is 1. The third-order valence-corrected chi connectivity index (χ3v) is 3.74. The molecule has 3 rings (SSSR count). The lowest BCUT2D eigenvalue weighted by atomic mass is 10.1. The van der Waals surface area contributed by atoms with Crippen molar-refractivity contribution in [2.75, 3.05) is 7.05 Å². The van der Waals surface area contributed by atoms with Gasteiger partial charge in [-0.3, -0.25) is 14.9 Å². The average Bonchev–Trinajstić information content (AvgIpc) is 3.25. The minimum atomic E-state index is -0.512. The Balaban J connectivity index is 1.87. The lowest BCUT2D eigenvalue weighted by molar-refractivity contribution is -0.384. The number of amides is 1. The third-order valence-electron chi connectivity index (χ3n) is 3.74. The van der Waals surface area contributed by atoms with Crippen LogP contribution in [-0.2, 0) is 6.54 Å². The van der Waals surface area contributed by atoms with Crippen molar-refractivity contribution in [3.8, 4) is 5.69 Å². The number of nitrogens with zero attached hydrogens (tertiary/aromatic N) is 4. The van der Waals surface area contributed by atoms with Gasteiger partial charge in [0.15, 0.2) is 0 Å². The van der Waals surface area contributed by atoms with E-state index in [4.69, 9.17) is 4.42 Å². The monoisotopic (exact) mass is 340 g/mol. The molecule has 0 saturated carbocycles. The summed E-state index contributed by atoms with van der Waals surface area (Å²) >= 11 is 0. The summed E-state index contributed by atoms with van der Waals surface area (Å²) in [7, 11) is 1.62. The lowest BCUT2D eigenvalue weighted by Crippen LogP contribution is -2.26. The van der Waals surface area contributed by atoms with E-state index in [0.29, 0.717) is 11.4 Å². The van der Waals surface area contributed by atoms with Gasteiger partial charge in [-0.25, -0.2) is 4.98 Å². The van der Waals surface area contributed by atoms with E-state index < -0.39 is 4.92 Å². The number of aromatic nitrogens is 2. The highest BCUT2D eigenvalue weighted by Crippen LogP contribution is 2.25. The van der Waals surface area contributed by atoms with Gasteiger partial charge in [-0.15, -0.1) is 0 Å². The first-order valence-electron chi connectivity index (χ1n) is 7.53. The van der Waals surface area contributed by atoms with Crippen molar-refractivity contribution in [3.63, 3.8) is 0 Å². The van der Waals surface area contributed by atoms with Crippen LogP contribution in [0.1, 0.15) is 21.9 Å². The van der Waals surface area contributed by atoms with E-state index in [0.717, 1.165) is 5.76 Å². The van der Waals surface area contributed by atoms with Gasteiger partial charge in [0.2, 0.25) is 0 Å². The summed E-state index contributed by atoms with van der Waals surface area (Å²) < 4.78 is 6.99. The molecule has 1 amide bonds. The van der Waals surface area contributed by atoms with E-state index >= 15 is 0 Å². The van der Waals surface area contributed by atoms with Crippen LogP contribution in [0.25, 0.3) is 5.69 Å². The maximum atomic E-state index is 12.6. The van der Waals surface area contributed by atoms with Crippen LogP contribution in [0.3, 0.4) is 0 Å². The maximum absolute atomic E-state index is 12.6. The van der Waals surface area contributed by atoms with Crippen LogP contribution in [0.2, 0.25) is 0 Å². The molecule has 1 aromatic carbocycles. The first kappa shape index (κ1) is 16.4. The number of imidazole rings is 1. The Morgan fingerprint density at radius 2 is 2.16 bits per heavy atom. The summed E-state index contributed by atoms with van der Waals surface area (Å²) in [6, 6.07) is 8.00. The van der Waals surface area contributed by atoms with E-state index in [9.17, 15) is 14.9 Å². The highest BCUT2D eigenvalue weighted by atomic mass is 16.6. The fourth-order valence-corrected chi connectivity index (χ4v) is 2.52. The summed E-state index contributed by atoms with van der Waals surface area (Å²) in [5.41, 5.74) is 0.427. The van der Waals surface area contributed by atoms with Crippen molar-refractivity contribution in [3.05, 3.63) is 76.3 Å². The summed E-state index contributed by atoms with van der Waals surface area (Å²) in [6.45, 7) is 2.10. The van der Waals surface area contributed by atoms with Crippen LogP contribution in [0, 0.1) is 17.0 Å². The van der Waals surface area contributed by atoms with Gasteiger partial charge in [0.1, 0.15) is 17.2 Å². The molecule has 8 heteroatoms. The van der Waals surface area contributed by atoms with Crippen molar-refractivity contribution in [1.82, 2.24) is 14.5 Å². The Morgan fingerprint density at radius 3 is 2.76 bits per heavy atom. The first-order chi connectivity index (χ1) is 12.0. The molecule has 0 unspecified atom stereocenters. The molecule has 0 aliphatic carbocycles. The van der Waals surface area contributed by atoms with Crippen LogP contribution in [0.5, 0.6) is 0 Å². The number of nitro benzene ring substituents is 1. The number of rotatable bonds is 5. The zero-order valence-corrected chi connectivity index (χ0v) is 13.7. The number of hydrogen-bond acceptors (Lipinski definition) is 5. The second kappa shape index (κ2) is 6.60. The van der Waals surface area contributed by atoms with Gasteiger partial charge in [0, 0.05) is 31.1 Å². The predicted molar refractivity (Wildman–Crippen MR) is 89.5 cm³/mol. The van der Waals surface area contributed by atoms with Crippen LogP contribution in [0.15, 0.2) is 53.5 Å². The quantitative estimate of drug-likeness (QED) is 0.526. The topological polar surface area (TPSA) is 94.4 Å². The van der Waals surface area contributed by atoms with Gasteiger partial charge in [0.05, 0.1) is 17.8 Å². The van der Waals surface area contributed by atoms with Crippen molar-refractivity contribution in [2.45, 2.75) is 13.5 Å². The maximum Gasteiger partial charge on any atom is 0.294 e. The van der Waals surface area contributed by atoms with E-state index in [1.807, 2.05) is 13.0 Å². The van der Waals surface area contributed by atoms with Crippen molar-refractivity contribution >= 4 is 11.6 Å². The zero-order chi connectivity index (χ0) is 18.0. The van der Waals surface area contributed by atoms with Gasteiger partial charge in [-0.05, 0) is 31.2 Å². The second-order valence-electron chi connectivity index (χ2n) is 5.60. The van der Waals surface area contributed by atoms with E-state index in [1.165, 1.54) is 34.1 Å². The van der Waals surface area contributed by atoms with Crippen LogP contribution < -0.4 is 0 Å². The Kier molecular flexibility index (Phi) is 4.34. The fourth-order valence-electron chi connectivity index (χ4n) is 2.52. The average molecular weight is 340 g/mol. The Hall–Kier alpha value is -3.42. The molecule has 0 aliphatic rings. The molecule has 128 valence electrons. The number of hydrogen-bond donors (Lipinski definition) is 0. The molecule has 0 atom stereocenters. The van der Waals surface area contributed by atoms with Gasteiger partial charge >= 0.3 is 0 Å². The lowest BCUT2D eigenvalue weighted by Gasteiger charge is -2.16. The smallest absolute Gasteiger partial charge is 0.294 e. The molecule has 0 bridgehead atoms. The summed E-state index contributed by atoms with van der Waals surface area (Å²) in [5.74, 6) is 1.09. The van der Waals surface area contributed by atoms with Crippen LogP contribution in [0.4, 0.5) is 5.69 Å². The zero-order valence-electron chi connectivity index (χ0n) is 13.7. The molecular formula is C17H16N4O4. The van der Waals surface area contributed by atoms with E-state index in [2.05, 4.69) is 4.98 Å². The van der Waals surface area contributed by atoms with Gasteiger partial charge < -0.3 is 13.9 Å². The number of aryl methyl sites for hydroxylation is 1. The van der Waals surface area contributed by atoms with E-state index in [-0.39, 0.29) is 23.7 Å². The number of furan rings is 1. The first-order valence-corrected chi connectivity index (χ1v) is 7.53.